The van der Waals surface area contributed by atoms with E-state index in [-0.39, 0.29) is 11.8 Å². The maximum Gasteiger partial charge on any atom is 0.159 e. The van der Waals surface area contributed by atoms with Gasteiger partial charge in [0.25, 0.3) is 0 Å². The summed E-state index contributed by atoms with van der Waals surface area (Å²) in [6, 6.07) is 18.7. The Morgan fingerprint density at radius 1 is 1.05 bits per heavy atom. The van der Waals surface area contributed by atoms with Crippen LogP contribution in [0.4, 0.5) is 5.69 Å². The maximum absolute atomic E-state index is 11.8. The van der Waals surface area contributed by atoms with E-state index in [9.17, 15) is 4.79 Å². The average molecular weight is 295 g/mol. The van der Waals surface area contributed by atoms with Gasteiger partial charge in [0.05, 0.1) is 6.04 Å². The molecule has 0 bridgehead atoms. The van der Waals surface area contributed by atoms with Crippen molar-refractivity contribution in [1.82, 2.24) is 0 Å². The molecule has 3 rings (SSSR count). The van der Waals surface area contributed by atoms with Crippen molar-refractivity contribution >= 4 is 23.2 Å². The Balaban J connectivity index is 1.96. The third-order valence-corrected chi connectivity index (χ3v) is 4.45. The first-order valence-electron chi connectivity index (χ1n) is 6.96. The Morgan fingerprint density at radius 2 is 1.76 bits per heavy atom. The highest BCUT2D eigenvalue weighted by atomic mass is 32.2. The number of nitrogens with zero attached hydrogens (tertiary/aromatic N) is 1. The molecule has 106 valence electrons. The van der Waals surface area contributed by atoms with Gasteiger partial charge in [-0.25, -0.2) is 0 Å². The smallest absolute Gasteiger partial charge is 0.159 e. The highest BCUT2D eigenvalue weighted by Gasteiger charge is 2.25. The largest absolute Gasteiger partial charge is 0.340 e. The number of allylic oxidation sites excluding steroid dienone is 1. The maximum atomic E-state index is 11.8. The minimum absolute atomic E-state index is 0.0702. The summed E-state index contributed by atoms with van der Waals surface area (Å²) in [5, 5.41) is 0. The van der Waals surface area contributed by atoms with Crippen LogP contribution in [-0.2, 0) is 4.79 Å². The molecular formula is C18H17NOS. The number of anilines is 1. The van der Waals surface area contributed by atoms with Crippen LogP contribution < -0.4 is 4.90 Å². The number of para-hydroxylation sites is 1. The van der Waals surface area contributed by atoms with E-state index in [2.05, 4.69) is 47.6 Å². The Labute approximate surface area is 129 Å². The average Bonchev–Trinajstić information content (AvgIpc) is 2.56. The van der Waals surface area contributed by atoms with Crippen LogP contribution in [0, 0.1) is 0 Å². The van der Waals surface area contributed by atoms with Crippen LogP contribution in [0.2, 0.25) is 0 Å². The molecule has 1 heterocycles. The molecule has 21 heavy (non-hydrogen) atoms. The molecule has 3 heteroatoms. The van der Waals surface area contributed by atoms with Crippen molar-refractivity contribution < 1.29 is 4.79 Å². The van der Waals surface area contributed by atoms with E-state index in [0.29, 0.717) is 6.42 Å². The van der Waals surface area contributed by atoms with E-state index in [1.807, 2.05) is 24.4 Å². The van der Waals surface area contributed by atoms with Gasteiger partial charge in [-0.15, -0.1) is 11.8 Å². The van der Waals surface area contributed by atoms with Gasteiger partial charge in [-0.2, -0.15) is 0 Å². The van der Waals surface area contributed by atoms with Gasteiger partial charge in [0.2, 0.25) is 0 Å². The van der Waals surface area contributed by atoms with E-state index in [0.717, 1.165) is 5.69 Å². The van der Waals surface area contributed by atoms with Gasteiger partial charge in [0, 0.05) is 23.2 Å². The lowest BCUT2D eigenvalue weighted by atomic mass is 9.96. The summed E-state index contributed by atoms with van der Waals surface area (Å²) in [6.45, 7) is 0. The fourth-order valence-corrected chi connectivity index (χ4v) is 3.00. The highest BCUT2D eigenvalue weighted by Crippen LogP contribution is 2.33. The Morgan fingerprint density at radius 3 is 2.43 bits per heavy atom. The molecule has 1 atom stereocenters. The zero-order valence-corrected chi connectivity index (χ0v) is 12.7. The van der Waals surface area contributed by atoms with Crippen molar-refractivity contribution in [3.63, 3.8) is 0 Å². The van der Waals surface area contributed by atoms with E-state index < -0.39 is 0 Å². The lowest BCUT2D eigenvalue weighted by Crippen LogP contribution is -2.28. The van der Waals surface area contributed by atoms with Gasteiger partial charge in [0.15, 0.2) is 5.78 Å². The number of thioether (sulfide) groups is 1. The van der Waals surface area contributed by atoms with Crippen molar-refractivity contribution in [2.24, 2.45) is 0 Å². The van der Waals surface area contributed by atoms with Crippen molar-refractivity contribution in [3.05, 3.63) is 72.4 Å². The number of hydrogen-bond donors (Lipinski definition) is 0. The molecule has 2 aromatic rings. The third-order valence-electron chi connectivity index (χ3n) is 3.71. The molecule has 0 saturated carbocycles. The van der Waals surface area contributed by atoms with Crippen molar-refractivity contribution in [3.8, 4) is 0 Å². The second-order valence-corrected chi connectivity index (χ2v) is 5.90. The van der Waals surface area contributed by atoms with Crippen LogP contribution in [0.15, 0.2) is 71.8 Å². The normalized spacial score (nSPS) is 18.0. The van der Waals surface area contributed by atoms with E-state index >= 15 is 0 Å². The number of ketones is 1. The van der Waals surface area contributed by atoms with Crippen LogP contribution in [0.5, 0.6) is 0 Å². The monoisotopic (exact) mass is 295 g/mol. The molecule has 2 nitrogen and oxygen atoms in total. The summed E-state index contributed by atoms with van der Waals surface area (Å²) >= 11 is 1.73. The van der Waals surface area contributed by atoms with Gasteiger partial charge >= 0.3 is 0 Å². The molecule has 0 spiro atoms. The highest BCUT2D eigenvalue weighted by molar-refractivity contribution is 7.98. The molecule has 0 amide bonds. The van der Waals surface area contributed by atoms with Gasteiger partial charge < -0.3 is 4.90 Å². The topological polar surface area (TPSA) is 20.3 Å². The second-order valence-electron chi connectivity index (χ2n) is 5.02. The fourth-order valence-electron chi connectivity index (χ4n) is 2.59. The van der Waals surface area contributed by atoms with E-state index in [1.165, 1.54) is 10.5 Å². The summed E-state index contributed by atoms with van der Waals surface area (Å²) in [6.07, 6.45) is 6.15. The zero-order chi connectivity index (χ0) is 14.7. The van der Waals surface area contributed by atoms with Crippen LogP contribution in [-0.4, -0.2) is 12.0 Å². The Kier molecular flexibility index (Phi) is 4.11. The summed E-state index contributed by atoms with van der Waals surface area (Å²) in [7, 11) is 0. The summed E-state index contributed by atoms with van der Waals surface area (Å²) in [5.74, 6) is 0.182. The van der Waals surface area contributed by atoms with Gasteiger partial charge in [-0.1, -0.05) is 30.3 Å². The van der Waals surface area contributed by atoms with Crippen LogP contribution >= 0.6 is 11.8 Å². The van der Waals surface area contributed by atoms with Gasteiger partial charge in [-0.3, -0.25) is 4.79 Å². The Bertz CT molecular complexity index is 649. The molecule has 0 N–H and O–H groups in total. The molecule has 1 unspecified atom stereocenters. The van der Waals surface area contributed by atoms with Crippen molar-refractivity contribution in [1.29, 1.82) is 0 Å². The minimum atomic E-state index is 0.0702. The fraction of sp³-hybridized carbons (Fsp3) is 0.167. The summed E-state index contributed by atoms with van der Waals surface area (Å²) in [5.41, 5.74) is 2.29. The van der Waals surface area contributed by atoms with Crippen molar-refractivity contribution in [2.75, 3.05) is 11.2 Å². The molecule has 0 saturated heterocycles. The second kappa shape index (κ2) is 6.19. The van der Waals surface area contributed by atoms with E-state index in [4.69, 9.17) is 0 Å². The predicted octanol–water partition coefficient (Wildman–Crippen LogP) is 4.44. The summed E-state index contributed by atoms with van der Waals surface area (Å²) < 4.78 is 0. The molecule has 1 aliphatic heterocycles. The summed E-state index contributed by atoms with van der Waals surface area (Å²) in [4.78, 5) is 15.2. The standard InChI is InChI=1S/C18H17NOS/c1-21-17-9-7-14(8-10-17)18-13-16(20)11-12-19(18)15-5-3-2-4-6-15/h2-12,18H,13H2,1H3. The molecule has 0 aliphatic carbocycles. The first-order chi connectivity index (χ1) is 10.3. The Hall–Kier alpha value is -2.00. The van der Waals surface area contributed by atoms with Crippen LogP contribution in [0.25, 0.3) is 0 Å². The molecule has 2 aromatic carbocycles. The van der Waals surface area contributed by atoms with Gasteiger partial charge in [0.1, 0.15) is 0 Å². The lowest BCUT2D eigenvalue weighted by Gasteiger charge is -2.33. The number of carbonyl (C=O) groups excluding carboxylic acids is 1. The molecule has 0 fully saturated rings. The SMILES string of the molecule is CSc1ccc(C2CC(=O)C=CN2c2ccccc2)cc1. The predicted molar refractivity (Wildman–Crippen MR) is 88.6 cm³/mol. The quantitative estimate of drug-likeness (QED) is 0.781. The third kappa shape index (κ3) is 3.03. The first-order valence-corrected chi connectivity index (χ1v) is 8.19. The number of hydrogen-bond acceptors (Lipinski definition) is 3. The molecule has 0 aromatic heterocycles. The number of benzene rings is 2. The molecule has 0 radical (unpaired) electrons. The molecular weight excluding hydrogens is 278 g/mol. The molecule has 1 aliphatic rings. The zero-order valence-electron chi connectivity index (χ0n) is 11.9. The minimum Gasteiger partial charge on any atom is -0.340 e. The lowest BCUT2D eigenvalue weighted by molar-refractivity contribution is -0.115. The van der Waals surface area contributed by atoms with Crippen LogP contribution in [0.3, 0.4) is 0 Å². The number of carbonyl (C=O) groups is 1. The first kappa shape index (κ1) is 14.0. The van der Waals surface area contributed by atoms with Crippen LogP contribution in [0.1, 0.15) is 18.0 Å². The van der Waals surface area contributed by atoms with Crippen molar-refractivity contribution in [2.45, 2.75) is 17.4 Å². The van der Waals surface area contributed by atoms with E-state index in [1.54, 1.807) is 17.8 Å². The van der Waals surface area contributed by atoms with Gasteiger partial charge in [-0.05, 0) is 42.2 Å². The number of rotatable bonds is 3.